The van der Waals surface area contributed by atoms with Crippen LogP contribution in [0.15, 0.2) is 121 Å². The van der Waals surface area contributed by atoms with Gasteiger partial charge in [0.25, 0.3) is 0 Å². The van der Waals surface area contributed by atoms with Crippen molar-refractivity contribution in [1.82, 2.24) is 15.0 Å². The summed E-state index contributed by atoms with van der Waals surface area (Å²) < 4.78 is 0. The molecule has 1 aliphatic carbocycles. The van der Waals surface area contributed by atoms with E-state index in [2.05, 4.69) is 97.9 Å². The summed E-state index contributed by atoms with van der Waals surface area (Å²) in [4.78, 5) is 14.7. The largest absolute Gasteiger partial charge is 0.208 e. The number of aryl methyl sites for hydroxylation is 1. The van der Waals surface area contributed by atoms with E-state index in [1.165, 1.54) is 16.7 Å². The van der Waals surface area contributed by atoms with Crippen molar-refractivity contribution in [2.45, 2.75) is 33.6 Å². The van der Waals surface area contributed by atoms with Crippen LogP contribution in [0.2, 0.25) is 0 Å². The maximum absolute atomic E-state index is 4.92. The zero-order chi connectivity index (χ0) is 27.0. The maximum atomic E-state index is 4.92. The fraction of sp³-hybridized carbons (Fsp3) is 0.139. The molecule has 0 atom stereocenters. The van der Waals surface area contributed by atoms with Gasteiger partial charge in [0.2, 0.25) is 0 Å². The summed E-state index contributed by atoms with van der Waals surface area (Å²) in [6.45, 7) is 6.11. The van der Waals surface area contributed by atoms with E-state index in [0.29, 0.717) is 17.5 Å². The van der Waals surface area contributed by atoms with Crippen LogP contribution in [0.1, 0.15) is 38.1 Å². The van der Waals surface area contributed by atoms with Gasteiger partial charge in [-0.05, 0) is 54.2 Å². The monoisotopic (exact) mass is 507 g/mol. The van der Waals surface area contributed by atoms with Gasteiger partial charge >= 0.3 is 0 Å². The van der Waals surface area contributed by atoms with Crippen LogP contribution in [-0.2, 0) is 0 Å². The first-order valence-corrected chi connectivity index (χ1v) is 13.7. The van der Waals surface area contributed by atoms with Gasteiger partial charge in [0.1, 0.15) is 0 Å². The summed E-state index contributed by atoms with van der Waals surface area (Å²) in [5.41, 5.74) is 8.98. The molecule has 0 unspecified atom stereocenters. The lowest BCUT2D eigenvalue weighted by molar-refractivity contribution is 1.01. The molecular formula is C36H33N3. The predicted octanol–water partition coefficient (Wildman–Crippen LogP) is 9.61. The first-order chi connectivity index (χ1) is 19.2. The highest BCUT2D eigenvalue weighted by Crippen LogP contribution is 2.30. The normalized spacial score (nSPS) is 12.3. The Morgan fingerprint density at radius 2 is 1.03 bits per heavy atom. The third-order valence-electron chi connectivity index (χ3n) is 6.62. The Kier molecular flexibility index (Phi) is 8.18. The molecule has 6 rings (SSSR count). The maximum Gasteiger partial charge on any atom is 0.164 e. The second-order valence-electron chi connectivity index (χ2n) is 9.34. The Hall–Kier alpha value is -4.63. The Balaban J connectivity index is 0.00000151. The van der Waals surface area contributed by atoms with Gasteiger partial charge in [0, 0.05) is 16.7 Å². The molecule has 0 aliphatic heterocycles. The van der Waals surface area contributed by atoms with Gasteiger partial charge < -0.3 is 0 Å². The van der Waals surface area contributed by atoms with Crippen LogP contribution in [0, 0.1) is 6.92 Å². The lowest BCUT2D eigenvalue weighted by atomic mass is 9.97. The van der Waals surface area contributed by atoms with E-state index < -0.39 is 0 Å². The van der Waals surface area contributed by atoms with Crippen molar-refractivity contribution in [2.24, 2.45) is 0 Å². The zero-order valence-corrected chi connectivity index (χ0v) is 22.8. The average Bonchev–Trinajstić information content (AvgIpc) is 3.03. The molecular weight excluding hydrogens is 474 g/mol. The topological polar surface area (TPSA) is 38.7 Å². The van der Waals surface area contributed by atoms with Crippen molar-refractivity contribution >= 4 is 5.57 Å². The highest BCUT2D eigenvalue weighted by atomic mass is 15.0. The molecule has 0 spiro atoms. The number of rotatable bonds is 5. The van der Waals surface area contributed by atoms with Crippen molar-refractivity contribution < 1.29 is 0 Å². The number of nitrogens with zero attached hydrogens (tertiary/aromatic N) is 3. The Morgan fingerprint density at radius 1 is 0.487 bits per heavy atom. The van der Waals surface area contributed by atoms with E-state index in [0.717, 1.165) is 40.7 Å². The van der Waals surface area contributed by atoms with E-state index in [9.17, 15) is 0 Å². The molecule has 3 heteroatoms. The molecule has 192 valence electrons. The highest BCUT2D eigenvalue weighted by Gasteiger charge is 2.14. The van der Waals surface area contributed by atoms with Crippen LogP contribution in [0.3, 0.4) is 0 Å². The number of hydrogen-bond acceptors (Lipinski definition) is 3. The minimum atomic E-state index is 0.681. The molecule has 0 fully saturated rings. The first kappa shape index (κ1) is 26.0. The zero-order valence-electron chi connectivity index (χ0n) is 22.8. The highest BCUT2D eigenvalue weighted by molar-refractivity contribution is 5.77. The van der Waals surface area contributed by atoms with Gasteiger partial charge in [-0.2, -0.15) is 0 Å². The van der Waals surface area contributed by atoms with Crippen LogP contribution in [0.4, 0.5) is 0 Å². The van der Waals surface area contributed by atoms with Crippen molar-refractivity contribution in [3.8, 4) is 45.0 Å². The molecule has 0 bridgehead atoms. The summed E-state index contributed by atoms with van der Waals surface area (Å²) in [5, 5.41) is 0. The fourth-order valence-corrected chi connectivity index (χ4v) is 4.59. The quantitative estimate of drug-likeness (QED) is 0.238. The van der Waals surface area contributed by atoms with E-state index >= 15 is 0 Å². The third kappa shape index (κ3) is 6.10. The second-order valence-corrected chi connectivity index (χ2v) is 9.34. The summed E-state index contributed by atoms with van der Waals surface area (Å²) in [7, 11) is 0. The smallest absolute Gasteiger partial charge is 0.164 e. The van der Waals surface area contributed by atoms with E-state index in [-0.39, 0.29) is 0 Å². The van der Waals surface area contributed by atoms with Crippen LogP contribution in [0.5, 0.6) is 0 Å². The summed E-state index contributed by atoms with van der Waals surface area (Å²) in [6, 6.07) is 35.9. The van der Waals surface area contributed by atoms with Gasteiger partial charge in [0.15, 0.2) is 17.5 Å². The Bertz CT molecular complexity index is 1610. The SMILES string of the molecule is CC.Cc1ccc(-c2cccc(-c3cccc(-c4nc(C5=CCCC=C5)nc(-c5ccccc5)n4)c3)c2)cc1. The predicted molar refractivity (Wildman–Crippen MR) is 164 cm³/mol. The standard InChI is InChI=1S/C34H27N3.C2H6/c1-24-18-20-25(21-19-24)28-14-8-15-29(22-28)30-16-9-17-31(23-30)34-36-32(26-10-4-2-5-11-26)35-33(37-34)27-12-6-3-7-13-27;1-2/h2,4-6,8-23H,3,7H2,1H3;1-2H3. The van der Waals surface area contributed by atoms with Crippen molar-refractivity contribution in [3.05, 3.63) is 133 Å². The van der Waals surface area contributed by atoms with Gasteiger partial charge in [-0.3, -0.25) is 0 Å². The van der Waals surface area contributed by atoms with E-state index in [1.807, 2.05) is 44.2 Å². The fourth-order valence-electron chi connectivity index (χ4n) is 4.59. The van der Waals surface area contributed by atoms with Crippen molar-refractivity contribution in [3.63, 3.8) is 0 Å². The molecule has 0 saturated heterocycles. The Labute approximate surface area is 231 Å². The minimum Gasteiger partial charge on any atom is -0.208 e. The van der Waals surface area contributed by atoms with Gasteiger partial charge in [-0.25, -0.2) is 15.0 Å². The molecule has 0 saturated carbocycles. The molecule has 4 aromatic carbocycles. The molecule has 5 aromatic rings. The Morgan fingerprint density at radius 3 is 1.67 bits per heavy atom. The number of hydrogen-bond donors (Lipinski definition) is 0. The lowest BCUT2D eigenvalue weighted by Gasteiger charge is -2.11. The van der Waals surface area contributed by atoms with Crippen LogP contribution >= 0.6 is 0 Å². The molecule has 1 aromatic heterocycles. The van der Waals surface area contributed by atoms with Crippen LogP contribution in [-0.4, -0.2) is 15.0 Å². The van der Waals surface area contributed by atoms with E-state index in [4.69, 9.17) is 15.0 Å². The molecule has 0 radical (unpaired) electrons. The van der Waals surface area contributed by atoms with Crippen LogP contribution < -0.4 is 0 Å². The second kappa shape index (κ2) is 12.3. The number of allylic oxidation sites excluding steroid dienone is 4. The van der Waals surface area contributed by atoms with E-state index in [1.54, 1.807) is 0 Å². The summed E-state index contributed by atoms with van der Waals surface area (Å²) in [6.07, 6.45) is 8.56. The number of benzene rings is 4. The van der Waals surface area contributed by atoms with Crippen LogP contribution in [0.25, 0.3) is 50.6 Å². The molecule has 0 amide bonds. The third-order valence-corrected chi connectivity index (χ3v) is 6.62. The summed E-state index contributed by atoms with van der Waals surface area (Å²) in [5.74, 6) is 2.08. The first-order valence-electron chi connectivity index (χ1n) is 13.7. The van der Waals surface area contributed by atoms with Gasteiger partial charge in [-0.1, -0.05) is 129 Å². The summed E-state index contributed by atoms with van der Waals surface area (Å²) >= 11 is 0. The average molecular weight is 508 g/mol. The molecule has 0 N–H and O–H groups in total. The van der Waals surface area contributed by atoms with Crippen molar-refractivity contribution in [2.75, 3.05) is 0 Å². The van der Waals surface area contributed by atoms with Crippen molar-refractivity contribution in [1.29, 1.82) is 0 Å². The molecule has 1 aliphatic rings. The molecule has 39 heavy (non-hydrogen) atoms. The number of aromatic nitrogens is 3. The molecule has 3 nitrogen and oxygen atoms in total. The minimum absolute atomic E-state index is 0.681. The van der Waals surface area contributed by atoms with Gasteiger partial charge in [0.05, 0.1) is 0 Å². The van der Waals surface area contributed by atoms with Gasteiger partial charge in [-0.15, -0.1) is 0 Å². The molecule has 1 heterocycles. The lowest BCUT2D eigenvalue weighted by Crippen LogP contribution is -2.03.